The number of aliphatic hydroxyl groups is 1. The second kappa shape index (κ2) is 9.94. The predicted octanol–water partition coefficient (Wildman–Crippen LogP) is 5.33. The molecule has 0 fully saturated rings. The van der Waals surface area contributed by atoms with Gasteiger partial charge in [-0.2, -0.15) is 0 Å². The lowest BCUT2D eigenvalue weighted by Crippen LogP contribution is -2.30. The summed E-state index contributed by atoms with van der Waals surface area (Å²) in [6.45, 7) is 2.10. The molecular weight excluding hydrogens is 468 g/mol. The highest BCUT2D eigenvalue weighted by Gasteiger charge is 2.32. The molecule has 184 valence electrons. The van der Waals surface area contributed by atoms with Crippen molar-refractivity contribution in [3.8, 4) is 11.1 Å². The minimum atomic E-state index is -3.83. The summed E-state index contributed by atoms with van der Waals surface area (Å²) in [5, 5.41) is 19.8. The molecule has 1 aliphatic carbocycles. The van der Waals surface area contributed by atoms with Crippen molar-refractivity contribution < 1.29 is 28.9 Å². The molecule has 0 spiro atoms. The second-order valence-corrected chi connectivity index (χ2v) is 11.8. The van der Waals surface area contributed by atoms with E-state index in [0.29, 0.717) is 0 Å². The normalized spacial score (nSPS) is 20.1. The summed E-state index contributed by atoms with van der Waals surface area (Å²) in [6, 6.07) is 14.1. The molecule has 1 aliphatic rings. The largest absolute Gasteiger partial charge is 0.481 e. The molecule has 0 saturated carbocycles. The molecule has 2 aromatic carbocycles. The Morgan fingerprint density at radius 2 is 1.89 bits per heavy atom. The van der Waals surface area contributed by atoms with Crippen LogP contribution in [0, 0.1) is 5.82 Å². The molecule has 0 saturated heterocycles. The van der Waals surface area contributed by atoms with E-state index in [1.807, 2.05) is 36.4 Å². The molecule has 8 heteroatoms. The van der Waals surface area contributed by atoms with Crippen LogP contribution in [0.5, 0.6) is 0 Å². The van der Waals surface area contributed by atoms with Gasteiger partial charge in [-0.3, -0.25) is 9.36 Å². The van der Waals surface area contributed by atoms with Crippen molar-refractivity contribution in [1.82, 2.24) is 4.57 Å². The average Bonchev–Trinajstić information content (AvgIpc) is 3.13. The summed E-state index contributed by atoms with van der Waals surface area (Å²) in [5.41, 5.74) is 3.04. The van der Waals surface area contributed by atoms with Crippen molar-refractivity contribution in [2.24, 2.45) is 0 Å². The number of allylic oxidation sites excluding steroid dienone is 4. The van der Waals surface area contributed by atoms with E-state index in [1.54, 1.807) is 12.1 Å². The van der Waals surface area contributed by atoms with Gasteiger partial charge in [-0.15, -0.1) is 0 Å². The third-order valence-electron chi connectivity index (χ3n) is 6.45. The molecule has 4 rings (SSSR count). The van der Waals surface area contributed by atoms with Crippen LogP contribution in [0.3, 0.4) is 0 Å². The first-order chi connectivity index (χ1) is 16.6. The zero-order chi connectivity index (χ0) is 25.2. The first kappa shape index (κ1) is 25.1. The van der Waals surface area contributed by atoms with Crippen LogP contribution in [-0.4, -0.2) is 44.1 Å². The lowest BCUT2D eigenvalue weighted by atomic mass is 9.92. The van der Waals surface area contributed by atoms with Crippen molar-refractivity contribution in [2.75, 3.05) is 12.3 Å². The molecule has 1 aromatic heterocycles. The Bertz CT molecular complexity index is 1340. The number of aliphatic carboxylic acids is 1. The van der Waals surface area contributed by atoms with Crippen molar-refractivity contribution in [1.29, 1.82) is 0 Å². The van der Waals surface area contributed by atoms with Crippen LogP contribution in [-0.2, 0) is 21.3 Å². The summed E-state index contributed by atoms with van der Waals surface area (Å²) in [5.74, 6) is -1.57. The molecule has 1 heterocycles. The quantitative estimate of drug-likeness (QED) is 0.347. The molecule has 3 N–H and O–H groups in total. The Balaban J connectivity index is 1.83. The summed E-state index contributed by atoms with van der Waals surface area (Å²) < 4.78 is 28.9. The van der Waals surface area contributed by atoms with Crippen LogP contribution in [0.4, 0.5) is 4.39 Å². The summed E-state index contributed by atoms with van der Waals surface area (Å²) >= 11 is 0. The minimum Gasteiger partial charge on any atom is -0.481 e. The van der Waals surface area contributed by atoms with Gasteiger partial charge in [-0.25, -0.2) is 4.39 Å². The molecule has 0 bridgehead atoms. The average molecular weight is 498 g/mol. The number of hydrogen-bond donors (Lipinski definition) is 3. The van der Waals surface area contributed by atoms with E-state index in [1.165, 1.54) is 12.1 Å². The molecule has 0 radical (unpaired) electrons. The van der Waals surface area contributed by atoms with E-state index in [4.69, 9.17) is 5.11 Å². The van der Waals surface area contributed by atoms with Gasteiger partial charge in [0.25, 0.3) is 0 Å². The van der Waals surface area contributed by atoms with E-state index in [-0.39, 0.29) is 18.4 Å². The smallest absolute Gasteiger partial charge is 0.305 e. The standard InChI is InChI=1S/C27H29FNO5P/c1-27(14-5-2-6-15-27)29-23-8-4-3-7-22(23)26(19-9-11-20(28)12-10-19)24(29)13-16-35(33,34)18-21(30)17-25(31)32/h2-12,14,21,30H,13,15-18H2,1H3,(H,31,32)(H,33,34)/t21-,27?/m0/s1. The number of aliphatic hydroxyl groups excluding tert-OH is 1. The Hall–Kier alpha value is -2.99. The zero-order valence-electron chi connectivity index (χ0n) is 19.5. The minimum absolute atomic E-state index is 0.121. The van der Waals surface area contributed by atoms with Gasteiger partial charge in [0.05, 0.1) is 24.2 Å². The third kappa shape index (κ3) is 5.48. The van der Waals surface area contributed by atoms with Gasteiger partial charge in [-0.1, -0.05) is 54.6 Å². The Morgan fingerprint density at radius 3 is 2.54 bits per heavy atom. The van der Waals surface area contributed by atoms with Crippen LogP contribution in [0.15, 0.2) is 72.8 Å². The summed E-state index contributed by atoms with van der Waals surface area (Å²) in [7, 11) is -3.83. The highest BCUT2D eigenvalue weighted by atomic mass is 31.2. The van der Waals surface area contributed by atoms with E-state index >= 15 is 0 Å². The van der Waals surface area contributed by atoms with Crippen LogP contribution >= 0.6 is 7.37 Å². The molecule has 0 aliphatic heterocycles. The van der Waals surface area contributed by atoms with Gasteiger partial charge in [0.1, 0.15) is 5.82 Å². The van der Waals surface area contributed by atoms with Gasteiger partial charge in [-0.05, 0) is 43.5 Å². The Morgan fingerprint density at radius 1 is 1.17 bits per heavy atom. The number of rotatable bonds is 9. The molecular formula is C27H29FNO5P. The zero-order valence-corrected chi connectivity index (χ0v) is 20.4. The monoisotopic (exact) mass is 497 g/mol. The number of hydrogen-bond acceptors (Lipinski definition) is 3. The lowest BCUT2D eigenvalue weighted by molar-refractivity contribution is -0.138. The van der Waals surface area contributed by atoms with Gasteiger partial charge >= 0.3 is 5.97 Å². The maximum Gasteiger partial charge on any atom is 0.305 e. The van der Waals surface area contributed by atoms with Crippen LogP contribution in [0.1, 0.15) is 25.5 Å². The van der Waals surface area contributed by atoms with Crippen molar-refractivity contribution in [3.05, 3.63) is 84.3 Å². The van der Waals surface area contributed by atoms with Crippen molar-refractivity contribution >= 4 is 24.2 Å². The number of halogens is 1. The number of nitrogens with zero attached hydrogens (tertiary/aromatic N) is 1. The third-order valence-corrected chi connectivity index (χ3v) is 8.37. The number of aromatic nitrogens is 1. The number of carboxylic acid groups (broad SMARTS) is 1. The van der Waals surface area contributed by atoms with Crippen molar-refractivity contribution in [3.63, 3.8) is 0 Å². The molecule has 35 heavy (non-hydrogen) atoms. The van der Waals surface area contributed by atoms with Gasteiger partial charge in [0.15, 0.2) is 0 Å². The van der Waals surface area contributed by atoms with Crippen LogP contribution in [0.25, 0.3) is 22.0 Å². The highest BCUT2D eigenvalue weighted by molar-refractivity contribution is 7.58. The maximum absolute atomic E-state index is 13.7. The van der Waals surface area contributed by atoms with Crippen LogP contribution in [0.2, 0.25) is 0 Å². The topological polar surface area (TPSA) is 99.8 Å². The first-order valence-corrected chi connectivity index (χ1v) is 13.6. The Kier molecular flexibility index (Phi) is 7.13. The van der Waals surface area contributed by atoms with Gasteiger partial charge in [0, 0.05) is 28.3 Å². The lowest BCUT2D eigenvalue weighted by Gasteiger charge is -2.32. The number of carbonyl (C=O) groups is 1. The Labute approximate surface area is 203 Å². The van der Waals surface area contributed by atoms with E-state index in [2.05, 4.69) is 23.6 Å². The van der Waals surface area contributed by atoms with Crippen molar-refractivity contribution in [2.45, 2.75) is 37.8 Å². The number of para-hydroxylation sites is 1. The molecule has 0 amide bonds. The fourth-order valence-corrected chi connectivity index (χ4v) is 6.43. The fraction of sp³-hybridized carbons (Fsp3) is 0.296. The van der Waals surface area contributed by atoms with E-state index in [9.17, 15) is 23.7 Å². The number of fused-ring (bicyclic) bond motifs is 1. The SMILES string of the molecule is CC1(n2c(CCP(=O)(O)C[C@@H](O)CC(=O)O)c(-c3ccc(F)cc3)c3ccccc32)C=CC=CC1. The van der Waals surface area contributed by atoms with Gasteiger partial charge in [0.2, 0.25) is 7.37 Å². The summed E-state index contributed by atoms with van der Waals surface area (Å²) in [4.78, 5) is 21.5. The van der Waals surface area contributed by atoms with Crippen LogP contribution < -0.4 is 0 Å². The number of benzene rings is 2. The predicted molar refractivity (Wildman–Crippen MR) is 135 cm³/mol. The summed E-state index contributed by atoms with van der Waals surface area (Å²) in [6.07, 6.45) is 6.53. The van der Waals surface area contributed by atoms with E-state index in [0.717, 1.165) is 34.1 Å². The van der Waals surface area contributed by atoms with E-state index < -0.39 is 37.6 Å². The molecule has 2 unspecified atom stereocenters. The molecule has 3 aromatic rings. The first-order valence-electron chi connectivity index (χ1n) is 11.5. The number of carboxylic acids is 1. The fourth-order valence-electron chi connectivity index (χ4n) is 4.90. The highest BCUT2D eigenvalue weighted by Crippen LogP contribution is 2.46. The second-order valence-electron chi connectivity index (χ2n) is 9.28. The maximum atomic E-state index is 13.7. The molecule has 6 nitrogen and oxygen atoms in total. The van der Waals surface area contributed by atoms with Gasteiger partial charge < -0.3 is 19.7 Å². The molecule has 3 atom stereocenters.